The molecule has 0 aliphatic rings. The van der Waals surface area contributed by atoms with E-state index in [1.165, 1.54) is 0 Å². The van der Waals surface area contributed by atoms with Crippen LogP contribution in [0.15, 0.2) is 9.59 Å². The molecule has 7 heavy (non-hydrogen) atoms. The predicted octanol–water partition coefficient (Wildman–Crippen LogP) is -2.00. The number of nitrogens with zero attached hydrogens (tertiary/aromatic N) is 1. The summed E-state index contributed by atoms with van der Waals surface area (Å²) in [5.41, 5.74) is -1.54. The van der Waals surface area contributed by atoms with Crippen LogP contribution in [0.5, 0.6) is 0 Å². The first-order valence-electron chi connectivity index (χ1n) is 1.53. The van der Waals surface area contributed by atoms with Gasteiger partial charge in [0, 0.05) is 0 Å². The molecule has 0 aromatic carbocycles. The highest BCUT2D eigenvalue weighted by molar-refractivity contribution is 5.54. The maximum atomic E-state index is 9.76. The van der Waals surface area contributed by atoms with Crippen LogP contribution < -0.4 is 11.1 Å². The standard InChI is InChI=1S/C3NO3/c5-1-4-2(6)3(4)7. The van der Waals surface area contributed by atoms with Gasteiger partial charge >= 0.3 is 17.5 Å². The molecule has 0 saturated carbocycles. The van der Waals surface area contributed by atoms with E-state index in [0.29, 0.717) is 4.57 Å². The summed E-state index contributed by atoms with van der Waals surface area (Å²) in [6.45, 7) is 0. The molecule has 35 valence electrons. The largest absolute Gasteiger partial charge is 0.327 e. The van der Waals surface area contributed by atoms with Crippen LogP contribution >= 0.6 is 0 Å². The molecule has 1 aromatic heterocycles. The van der Waals surface area contributed by atoms with E-state index in [0.717, 1.165) is 6.41 Å². The third-order valence-corrected chi connectivity index (χ3v) is 0.630. The van der Waals surface area contributed by atoms with E-state index >= 15 is 0 Å². The molecular formula is C3NO3. The first-order valence-corrected chi connectivity index (χ1v) is 1.53. The lowest BCUT2D eigenvalue weighted by molar-refractivity contribution is 0.550. The lowest BCUT2D eigenvalue weighted by Crippen LogP contribution is -1.89. The van der Waals surface area contributed by atoms with Crippen LogP contribution in [-0.2, 0) is 4.79 Å². The van der Waals surface area contributed by atoms with Crippen molar-refractivity contribution in [2.24, 2.45) is 0 Å². The monoisotopic (exact) mass is 98.0 g/mol. The van der Waals surface area contributed by atoms with Crippen LogP contribution in [0.2, 0.25) is 0 Å². The highest BCUT2D eigenvalue weighted by atomic mass is 16.2. The third-order valence-electron chi connectivity index (χ3n) is 0.630. The van der Waals surface area contributed by atoms with Crippen LogP contribution in [0.3, 0.4) is 0 Å². The second kappa shape index (κ2) is 0.900. The fourth-order valence-electron chi connectivity index (χ4n) is 0.218. The molecule has 4 heteroatoms. The molecule has 1 radical (unpaired) electrons. The molecule has 4 nitrogen and oxygen atoms in total. The van der Waals surface area contributed by atoms with E-state index in [1.54, 1.807) is 0 Å². The lowest BCUT2D eigenvalue weighted by Gasteiger charge is -1.50. The molecule has 0 N–H and O–H groups in total. The molecule has 0 bridgehead atoms. The number of hydrogen-bond acceptors (Lipinski definition) is 3. The highest BCUT2D eigenvalue weighted by Gasteiger charge is 2.14. The summed E-state index contributed by atoms with van der Waals surface area (Å²) in [4.78, 5) is 28.9. The molecule has 0 saturated heterocycles. The molecule has 0 spiro atoms. The smallest absolute Gasteiger partial charge is 0.262 e. The first kappa shape index (κ1) is 3.98. The lowest BCUT2D eigenvalue weighted by atomic mass is 11.1. The van der Waals surface area contributed by atoms with Crippen molar-refractivity contribution < 1.29 is 4.79 Å². The van der Waals surface area contributed by atoms with Crippen molar-refractivity contribution >= 4 is 6.41 Å². The second-order valence-electron chi connectivity index (χ2n) is 1.04. The number of rotatable bonds is 1. The zero-order valence-corrected chi connectivity index (χ0v) is 3.17. The van der Waals surface area contributed by atoms with Gasteiger partial charge in [0.15, 0.2) is 0 Å². The van der Waals surface area contributed by atoms with Crippen LogP contribution in [-0.4, -0.2) is 11.0 Å². The van der Waals surface area contributed by atoms with Gasteiger partial charge in [-0.2, -0.15) is 4.57 Å². The van der Waals surface area contributed by atoms with E-state index in [-0.39, 0.29) is 0 Å². The highest BCUT2D eigenvalue weighted by Crippen LogP contribution is 1.52. The van der Waals surface area contributed by atoms with Crippen molar-refractivity contribution in [3.63, 3.8) is 0 Å². The van der Waals surface area contributed by atoms with Gasteiger partial charge in [-0.15, -0.1) is 0 Å². The van der Waals surface area contributed by atoms with E-state index in [2.05, 4.69) is 0 Å². The molecule has 0 atom stereocenters. The van der Waals surface area contributed by atoms with Gasteiger partial charge in [0.1, 0.15) is 0 Å². The van der Waals surface area contributed by atoms with Crippen LogP contribution in [0.4, 0.5) is 0 Å². The molecule has 1 rings (SSSR count). The molecule has 0 fully saturated rings. The van der Waals surface area contributed by atoms with Crippen LogP contribution in [0.25, 0.3) is 0 Å². The second-order valence-corrected chi connectivity index (χ2v) is 1.04. The van der Waals surface area contributed by atoms with Crippen molar-refractivity contribution in [2.45, 2.75) is 0 Å². The Kier molecular flexibility index (Phi) is 0.512. The van der Waals surface area contributed by atoms with Crippen LogP contribution in [0.1, 0.15) is 0 Å². The van der Waals surface area contributed by atoms with Gasteiger partial charge in [-0.25, -0.2) is 0 Å². The van der Waals surface area contributed by atoms with Gasteiger partial charge < -0.3 is 0 Å². The fourth-order valence-corrected chi connectivity index (χ4v) is 0.218. The summed E-state index contributed by atoms with van der Waals surface area (Å²) in [5, 5.41) is 0. The van der Waals surface area contributed by atoms with Gasteiger partial charge in [0.25, 0.3) is 0 Å². The van der Waals surface area contributed by atoms with E-state index in [4.69, 9.17) is 0 Å². The zero-order chi connectivity index (χ0) is 5.44. The zero-order valence-electron chi connectivity index (χ0n) is 3.17. The average Bonchev–Trinajstić information content (AvgIpc) is 2.17. The summed E-state index contributed by atoms with van der Waals surface area (Å²) in [6.07, 6.45) is 1.12. The molecular weight excluding hydrogens is 98.0 g/mol. The Morgan fingerprint density at radius 3 is 1.71 bits per heavy atom. The predicted molar refractivity (Wildman–Crippen MR) is 20.4 cm³/mol. The van der Waals surface area contributed by atoms with Crippen molar-refractivity contribution in [1.82, 2.24) is 4.57 Å². The maximum Gasteiger partial charge on any atom is 0.327 e. The Balaban J connectivity index is 3.27. The number of carbonyl (C=O) groups excluding carboxylic acids is 1. The summed E-state index contributed by atoms with van der Waals surface area (Å²) >= 11 is 0. The minimum Gasteiger partial charge on any atom is -0.262 e. The van der Waals surface area contributed by atoms with Crippen molar-refractivity contribution in [3.05, 3.63) is 20.7 Å². The molecule has 1 heterocycles. The molecule has 1 aromatic rings. The third kappa shape index (κ3) is 0.325. The summed E-state index contributed by atoms with van der Waals surface area (Å²) in [7, 11) is 0. The summed E-state index contributed by atoms with van der Waals surface area (Å²) in [6, 6.07) is 0. The van der Waals surface area contributed by atoms with E-state index in [9.17, 15) is 14.4 Å². The van der Waals surface area contributed by atoms with E-state index in [1.807, 2.05) is 0 Å². The Bertz CT molecular complexity index is 226. The maximum absolute atomic E-state index is 9.76. The van der Waals surface area contributed by atoms with Crippen molar-refractivity contribution in [1.29, 1.82) is 0 Å². The van der Waals surface area contributed by atoms with Gasteiger partial charge in [-0.05, 0) is 0 Å². The molecule has 0 aliphatic heterocycles. The molecule has 0 aliphatic carbocycles. The van der Waals surface area contributed by atoms with E-state index < -0.39 is 11.1 Å². The fraction of sp³-hybridized carbons (Fsp3) is 0. The van der Waals surface area contributed by atoms with Crippen LogP contribution in [0, 0.1) is 0 Å². The Hall–Kier alpha value is -1.19. The van der Waals surface area contributed by atoms with Gasteiger partial charge in [0.05, 0.1) is 0 Å². The summed E-state index contributed by atoms with van der Waals surface area (Å²) in [5.74, 6) is 0. The summed E-state index contributed by atoms with van der Waals surface area (Å²) < 4.78 is 0.375. The Labute approximate surface area is 37.7 Å². The van der Waals surface area contributed by atoms with Crippen molar-refractivity contribution in [2.75, 3.05) is 0 Å². The number of aromatic nitrogens is 1. The number of hydrogen-bond donors (Lipinski definition) is 0. The minimum atomic E-state index is -0.769. The Morgan fingerprint density at radius 1 is 1.29 bits per heavy atom. The Morgan fingerprint density at radius 2 is 1.71 bits per heavy atom. The molecule has 0 unspecified atom stereocenters. The average molecular weight is 98.0 g/mol. The van der Waals surface area contributed by atoms with Gasteiger partial charge in [0.2, 0.25) is 0 Å². The van der Waals surface area contributed by atoms with Gasteiger partial charge in [-0.3, -0.25) is 14.4 Å². The normalized spacial score (nSPS) is 9.71. The van der Waals surface area contributed by atoms with Gasteiger partial charge in [-0.1, -0.05) is 0 Å². The minimum absolute atomic E-state index is 0.375. The SMILES string of the molecule is O=[C]n1c(=O)c1=O. The first-order chi connectivity index (χ1) is 3.27. The quantitative estimate of drug-likeness (QED) is 0.382. The molecule has 0 amide bonds. The topological polar surface area (TPSA) is 56.1 Å². The van der Waals surface area contributed by atoms with Crippen molar-refractivity contribution in [3.8, 4) is 0 Å².